The Bertz CT molecular complexity index is 294. The summed E-state index contributed by atoms with van der Waals surface area (Å²) in [5.74, 6) is 0. The zero-order chi connectivity index (χ0) is 8.27. The van der Waals surface area contributed by atoms with E-state index in [0.717, 1.165) is 11.3 Å². The summed E-state index contributed by atoms with van der Waals surface area (Å²) in [5, 5.41) is 18.1. The molecule has 1 aromatic heterocycles. The third kappa shape index (κ3) is 1.49. The molecule has 1 heterocycles. The Kier molecular flexibility index (Phi) is 2.12. The molecule has 3 N–H and O–H groups in total. The molecule has 6 nitrogen and oxygen atoms in total. The van der Waals surface area contributed by atoms with Gasteiger partial charge < -0.3 is 10.9 Å². The number of hydrogen-bond donors (Lipinski definition) is 2. The molecule has 0 atom stereocenters. The largest absolute Gasteiger partial charge is 0.410 e. The molecule has 0 aromatic carbocycles. The van der Waals surface area contributed by atoms with Crippen LogP contribution in [0.1, 0.15) is 5.01 Å². The molecule has 0 bridgehead atoms. The average Bonchev–Trinajstić information content (AvgIpc) is 2.39. The highest BCUT2D eigenvalue weighted by molar-refractivity contribution is 7.17. The Labute approximate surface area is 65.4 Å². The average molecular weight is 171 g/mol. The molecular weight excluding hydrogens is 168 g/mol. The third-order valence-corrected chi connectivity index (χ3v) is 1.60. The number of carbonyl (C=O) groups excluding carboxylic acids is 1. The highest BCUT2D eigenvalue weighted by atomic mass is 32.1. The Morgan fingerprint density at radius 1 is 1.73 bits per heavy atom. The van der Waals surface area contributed by atoms with Gasteiger partial charge in [-0.1, -0.05) is 16.5 Å². The van der Waals surface area contributed by atoms with E-state index in [1.54, 1.807) is 0 Å². The van der Waals surface area contributed by atoms with Crippen LogP contribution in [0.25, 0.3) is 0 Å². The van der Waals surface area contributed by atoms with E-state index >= 15 is 0 Å². The van der Waals surface area contributed by atoms with Gasteiger partial charge in [0.15, 0.2) is 10.7 Å². The van der Waals surface area contributed by atoms with E-state index in [-0.39, 0.29) is 15.9 Å². The first kappa shape index (κ1) is 7.61. The van der Waals surface area contributed by atoms with Gasteiger partial charge in [0.2, 0.25) is 5.13 Å². The minimum absolute atomic E-state index is 0.153. The fourth-order valence-corrected chi connectivity index (χ4v) is 0.978. The van der Waals surface area contributed by atoms with Crippen molar-refractivity contribution in [2.75, 3.05) is 5.73 Å². The van der Waals surface area contributed by atoms with Crippen molar-refractivity contribution in [3.8, 4) is 0 Å². The molecule has 0 spiro atoms. The lowest BCUT2D eigenvalue weighted by molar-refractivity contribution is 0.320. The number of hydrogen-bond acceptors (Lipinski definition) is 7. The standard InChI is InChI=1S/C4H3N4O2S/c5-4-7-6-3(11-4)2(1-9)8-10/h10H,(H2,5,7). The minimum Gasteiger partial charge on any atom is -0.410 e. The first-order valence-electron chi connectivity index (χ1n) is 2.47. The van der Waals surface area contributed by atoms with Gasteiger partial charge in [0.1, 0.15) is 0 Å². The number of nitrogens with zero attached hydrogens (tertiary/aromatic N) is 3. The number of nitrogen functional groups attached to an aromatic ring is 1. The van der Waals surface area contributed by atoms with Gasteiger partial charge in [0, 0.05) is 0 Å². The summed E-state index contributed by atoms with van der Waals surface area (Å²) in [5.41, 5.74) is 4.91. The van der Waals surface area contributed by atoms with Crippen molar-refractivity contribution in [2.24, 2.45) is 5.16 Å². The molecule has 57 valence electrons. The predicted molar refractivity (Wildman–Crippen MR) is 38.3 cm³/mol. The lowest BCUT2D eigenvalue weighted by atomic mass is 10.4. The molecule has 0 amide bonds. The molecule has 0 unspecified atom stereocenters. The molecule has 0 saturated carbocycles. The minimum atomic E-state index is -0.292. The molecule has 0 aliphatic carbocycles. The lowest BCUT2D eigenvalue weighted by Crippen LogP contribution is -2.00. The van der Waals surface area contributed by atoms with Gasteiger partial charge in [-0.2, -0.15) is 0 Å². The highest BCUT2D eigenvalue weighted by Gasteiger charge is 2.09. The van der Waals surface area contributed by atoms with Crippen molar-refractivity contribution in [1.82, 2.24) is 10.2 Å². The van der Waals surface area contributed by atoms with Gasteiger partial charge in [-0.3, -0.25) is 4.79 Å². The molecule has 1 radical (unpaired) electrons. The molecule has 1 rings (SSSR count). The van der Waals surface area contributed by atoms with Gasteiger partial charge in [-0.25, -0.2) is 0 Å². The lowest BCUT2D eigenvalue weighted by Gasteiger charge is -1.82. The van der Waals surface area contributed by atoms with Gasteiger partial charge >= 0.3 is 0 Å². The molecule has 7 heteroatoms. The van der Waals surface area contributed by atoms with E-state index in [4.69, 9.17) is 10.9 Å². The quantitative estimate of drug-likeness (QED) is 0.351. The Hall–Kier alpha value is -1.50. The number of oxime groups is 1. The second kappa shape index (κ2) is 3.06. The summed E-state index contributed by atoms with van der Waals surface area (Å²) in [6.07, 6.45) is 1.38. The van der Waals surface area contributed by atoms with Crippen LogP contribution >= 0.6 is 11.3 Å². The smallest absolute Gasteiger partial charge is 0.260 e. The van der Waals surface area contributed by atoms with Gasteiger partial charge in [0.25, 0.3) is 6.29 Å². The van der Waals surface area contributed by atoms with Gasteiger partial charge in [-0.15, -0.1) is 10.2 Å². The molecule has 0 aliphatic heterocycles. The van der Waals surface area contributed by atoms with Crippen LogP contribution in [0.3, 0.4) is 0 Å². The third-order valence-electron chi connectivity index (χ3n) is 0.840. The summed E-state index contributed by atoms with van der Waals surface area (Å²) in [4.78, 5) is 10.0. The van der Waals surface area contributed by atoms with Crippen LogP contribution in [-0.2, 0) is 4.79 Å². The molecule has 11 heavy (non-hydrogen) atoms. The van der Waals surface area contributed by atoms with Crippen molar-refractivity contribution in [1.29, 1.82) is 0 Å². The number of nitrogens with two attached hydrogens (primary N) is 1. The zero-order valence-corrected chi connectivity index (χ0v) is 6.00. The monoisotopic (exact) mass is 171 g/mol. The summed E-state index contributed by atoms with van der Waals surface area (Å²) in [7, 11) is 0. The second-order valence-corrected chi connectivity index (χ2v) is 2.51. The first-order valence-corrected chi connectivity index (χ1v) is 3.29. The van der Waals surface area contributed by atoms with Crippen LogP contribution in [-0.4, -0.2) is 27.4 Å². The molecule has 0 saturated heterocycles. The normalized spacial score (nSPS) is 11.5. The van der Waals surface area contributed by atoms with E-state index in [2.05, 4.69) is 15.4 Å². The fourth-order valence-electron chi connectivity index (χ4n) is 0.437. The number of aromatic nitrogens is 2. The van der Waals surface area contributed by atoms with Crippen LogP contribution in [0.5, 0.6) is 0 Å². The van der Waals surface area contributed by atoms with Crippen molar-refractivity contribution in [2.45, 2.75) is 0 Å². The van der Waals surface area contributed by atoms with E-state index < -0.39 is 0 Å². The van der Waals surface area contributed by atoms with Crippen molar-refractivity contribution < 1.29 is 10.0 Å². The molecular formula is C4H3N4O2S. The van der Waals surface area contributed by atoms with E-state index in [1.165, 1.54) is 6.29 Å². The zero-order valence-electron chi connectivity index (χ0n) is 5.18. The highest BCUT2D eigenvalue weighted by Crippen LogP contribution is 2.10. The maximum absolute atomic E-state index is 10.0. The van der Waals surface area contributed by atoms with Crippen LogP contribution in [0, 0.1) is 0 Å². The summed E-state index contributed by atoms with van der Waals surface area (Å²) >= 11 is 0.947. The van der Waals surface area contributed by atoms with E-state index in [9.17, 15) is 4.79 Å². The summed E-state index contributed by atoms with van der Waals surface area (Å²) in [6, 6.07) is 0. The Balaban J connectivity index is 3.00. The predicted octanol–water partition coefficient (Wildman–Crippen LogP) is -0.592. The molecule has 0 aliphatic rings. The topological polar surface area (TPSA) is 101 Å². The van der Waals surface area contributed by atoms with Crippen LogP contribution in [0.15, 0.2) is 5.16 Å². The summed E-state index contributed by atoms with van der Waals surface area (Å²) < 4.78 is 0. The SMILES string of the molecule is Nc1nnc(C([C]=O)=NO)s1. The number of anilines is 1. The maximum atomic E-state index is 10.0. The van der Waals surface area contributed by atoms with E-state index in [1.807, 2.05) is 0 Å². The Morgan fingerprint density at radius 3 is 2.82 bits per heavy atom. The Morgan fingerprint density at radius 2 is 2.45 bits per heavy atom. The van der Waals surface area contributed by atoms with Crippen molar-refractivity contribution in [3.05, 3.63) is 5.01 Å². The van der Waals surface area contributed by atoms with Gasteiger partial charge in [-0.05, 0) is 0 Å². The number of rotatable bonds is 2. The first-order chi connectivity index (χ1) is 5.27. The van der Waals surface area contributed by atoms with Crippen molar-refractivity contribution in [3.63, 3.8) is 0 Å². The summed E-state index contributed by atoms with van der Waals surface area (Å²) in [6.45, 7) is 0. The van der Waals surface area contributed by atoms with Crippen LogP contribution in [0.4, 0.5) is 5.13 Å². The van der Waals surface area contributed by atoms with E-state index in [0.29, 0.717) is 0 Å². The van der Waals surface area contributed by atoms with Crippen molar-refractivity contribution >= 4 is 28.5 Å². The second-order valence-electron chi connectivity index (χ2n) is 1.50. The van der Waals surface area contributed by atoms with Crippen LogP contribution < -0.4 is 5.73 Å². The maximum Gasteiger partial charge on any atom is 0.260 e. The van der Waals surface area contributed by atoms with Crippen LogP contribution in [0.2, 0.25) is 0 Å². The molecule has 0 fully saturated rings. The van der Waals surface area contributed by atoms with Gasteiger partial charge in [0.05, 0.1) is 0 Å². The fraction of sp³-hybridized carbons (Fsp3) is 0. The molecule has 1 aromatic rings.